The van der Waals surface area contributed by atoms with E-state index in [0.717, 1.165) is 11.1 Å². The van der Waals surface area contributed by atoms with E-state index in [1.807, 2.05) is 24.8 Å². The van der Waals surface area contributed by atoms with Crippen molar-refractivity contribution in [1.29, 1.82) is 0 Å². The quantitative estimate of drug-likeness (QED) is 0.338. The number of carbonyl (C=O) groups excluding carboxylic acids is 1. The van der Waals surface area contributed by atoms with E-state index in [-0.39, 0.29) is 23.0 Å². The number of pyridine rings is 1. The molecule has 0 saturated carbocycles. The summed E-state index contributed by atoms with van der Waals surface area (Å²) >= 11 is 6.03. The Hall–Kier alpha value is -3.84. The molecule has 5 rings (SSSR count). The van der Waals surface area contributed by atoms with Crippen LogP contribution in [0.1, 0.15) is 40.3 Å². The summed E-state index contributed by atoms with van der Waals surface area (Å²) in [6, 6.07) is 6.43. The highest BCUT2D eigenvalue weighted by Crippen LogP contribution is 2.30. The SMILES string of the molecule is Cc1cc(C(C)Nc2ccc(Cl)nc2C(=O)NS(C)=O)c2nc(N3CCn4ncc(F)c4C3)n(C)c(=O)c2c1. The van der Waals surface area contributed by atoms with Crippen molar-refractivity contribution in [2.24, 2.45) is 7.05 Å². The number of benzene rings is 1. The summed E-state index contributed by atoms with van der Waals surface area (Å²) in [6.07, 6.45) is 2.53. The van der Waals surface area contributed by atoms with E-state index in [1.165, 1.54) is 23.1 Å². The molecule has 204 valence electrons. The van der Waals surface area contributed by atoms with E-state index in [4.69, 9.17) is 16.6 Å². The molecule has 3 aromatic heterocycles. The van der Waals surface area contributed by atoms with E-state index in [1.54, 1.807) is 23.9 Å². The second-order valence-electron chi connectivity index (χ2n) is 9.39. The average Bonchev–Trinajstić information content (AvgIpc) is 3.26. The Kier molecular flexibility index (Phi) is 7.12. The lowest BCUT2D eigenvalue weighted by Crippen LogP contribution is -2.38. The number of hydrogen-bond donors (Lipinski definition) is 2. The summed E-state index contributed by atoms with van der Waals surface area (Å²) in [4.78, 5) is 37.0. The van der Waals surface area contributed by atoms with Crippen LogP contribution in [0, 0.1) is 12.7 Å². The number of anilines is 2. The van der Waals surface area contributed by atoms with Crippen LogP contribution >= 0.6 is 11.6 Å². The van der Waals surface area contributed by atoms with Crippen molar-refractivity contribution in [3.05, 3.63) is 74.3 Å². The van der Waals surface area contributed by atoms with Gasteiger partial charge in [0.1, 0.15) is 16.1 Å². The third kappa shape index (κ3) is 5.11. The molecule has 4 aromatic rings. The lowest BCUT2D eigenvalue weighted by atomic mass is 10.0. The van der Waals surface area contributed by atoms with Crippen molar-refractivity contribution in [1.82, 2.24) is 29.0 Å². The first-order valence-corrected chi connectivity index (χ1v) is 14.0. The standard InChI is InChI=1S/C25H26ClFN8O3S/c1-13-9-15(14(2)29-18-5-6-20(26)30-22(18)23(36)32-39(4)38)21-16(10-13)24(37)33(3)25(31-21)34-7-8-35-19(12-34)17(27)11-28-35/h5-6,9-11,14,29H,7-8,12H2,1-4H3,(H,32,36). The van der Waals surface area contributed by atoms with E-state index in [0.29, 0.717) is 41.3 Å². The molecule has 2 N–H and O–H groups in total. The molecule has 0 fully saturated rings. The molecular formula is C25H26ClFN8O3S. The van der Waals surface area contributed by atoms with Gasteiger partial charge in [-0.25, -0.2) is 18.6 Å². The van der Waals surface area contributed by atoms with Crippen LogP contribution < -0.4 is 20.5 Å². The van der Waals surface area contributed by atoms with Crippen LogP contribution in [0.3, 0.4) is 0 Å². The molecule has 1 aromatic carbocycles. The van der Waals surface area contributed by atoms with Crippen LogP contribution in [0.15, 0.2) is 35.3 Å². The van der Waals surface area contributed by atoms with E-state index in [2.05, 4.69) is 20.1 Å². The van der Waals surface area contributed by atoms with Crippen LogP contribution in [0.2, 0.25) is 5.15 Å². The van der Waals surface area contributed by atoms with Crippen molar-refractivity contribution in [3.63, 3.8) is 0 Å². The van der Waals surface area contributed by atoms with E-state index in [9.17, 15) is 18.2 Å². The number of aryl methyl sites for hydroxylation is 1. The predicted octanol–water partition coefficient (Wildman–Crippen LogP) is 2.84. The minimum Gasteiger partial charge on any atom is -0.377 e. The third-order valence-corrected chi connectivity index (χ3v) is 7.27. The summed E-state index contributed by atoms with van der Waals surface area (Å²) in [7, 11) is 0.0555. The summed E-state index contributed by atoms with van der Waals surface area (Å²) in [6.45, 7) is 4.94. The summed E-state index contributed by atoms with van der Waals surface area (Å²) in [5.74, 6) is -0.633. The Balaban J connectivity index is 1.57. The fourth-order valence-corrected chi connectivity index (χ4v) is 5.26. The van der Waals surface area contributed by atoms with Crippen LogP contribution in [0.25, 0.3) is 10.9 Å². The van der Waals surface area contributed by atoms with E-state index < -0.39 is 28.8 Å². The second kappa shape index (κ2) is 10.4. The molecule has 1 aliphatic heterocycles. The molecule has 1 aliphatic rings. The minimum atomic E-state index is -1.60. The van der Waals surface area contributed by atoms with Crippen LogP contribution in [0.4, 0.5) is 16.0 Å². The van der Waals surface area contributed by atoms with Gasteiger partial charge in [0, 0.05) is 25.4 Å². The van der Waals surface area contributed by atoms with Crippen molar-refractivity contribution in [3.8, 4) is 0 Å². The zero-order valence-corrected chi connectivity index (χ0v) is 23.2. The van der Waals surface area contributed by atoms with Gasteiger partial charge >= 0.3 is 0 Å². The fraction of sp³-hybridized carbons (Fsp3) is 0.320. The Bertz CT molecular complexity index is 1710. The highest BCUT2D eigenvalue weighted by Gasteiger charge is 2.26. The smallest absolute Gasteiger partial charge is 0.283 e. The summed E-state index contributed by atoms with van der Waals surface area (Å²) in [5.41, 5.74) is 2.62. The van der Waals surface area contributed by atoms with Gasteiger partial charge < -0.3 is 10.2 Å². The van der Waals surface area contributed by atoms with Crippen LogP contribution in [-0.2, 0) is 31.1 Å². The average molecular weight is 573 g/mol. The van der Waals surface area contributed by atoms with Crippen molar-refractivity contribution < 1.29 is 13.4 Å². The number of carbonyl (C=O) groups is 1. The molecule has 2 atom stereocenters. The Labute approximate surface area is 230 Å². The third-order valence-electron chi connectivity index (χ3n) is 6.58. The number of halogens is 2. The second-order valence-corrected chi connectivity index (χ2v) is 10.9. The van der Waals surface area contributed by atoms with Crippen LogP contribution in [-0.4, -0.2) is 47.2 Å². The zero-order valence-electron chi connectivity index (χ0n) is 21.7. The first-order valence-electron chi connectivity index (χ1n) is 12.1. The minimum absolute atomic E-state index is 0.0157. The maximum atomic E-state index is 14.3. The molecule has 4 heterocycles. The number of nitrogens with zero attached hydrogens (tertiary/aromatic N) is 6. The Morgan fingerprint density at radius 2 is 2.00 bits per heavy atom. The Morgan fingerprint density at radius 1 is 1.23 bits per heavy atom. The van der Waals surface area contributed by atoms with Gasteiger partial charge in [-0.05, 0) is 37.6 Å². The molecule has 11 nitrogen and oxygen atoms in total. The van der Waals surface area contributed by atoms with Gasteiger partial charge in [0.05, 0.1) is 47.6 Å². The molecular weight excluding hydrogens is 547 g/mol. The molecule has 0 bridgehead atoms. The highest BCUT2D eigenvalue weighted by atomic mass is 35.5. The predicted molar refractivity (Wildman–Crippen MR) is 148 cm³/mol. The highest BCUT2D eigenvalue weighted by molar-refractivity contribution is 7.82. The molecule has 0 saturated heterocycles. The maximum absolute atomic E-state index is 14.3. The fourth-order valence-electron chi connectivity index (χ4n) is 4.75. The number of aromatic nitrogens is 5. The Morgan fingerprint density at radius 3 is 2.74 bits per heavy atom. The normalized spacial score (nSPS) is 14.7. The van der Waals surface area contributed by atoms with E-state index >= 15 is 0 Å². The van der Waals surface area contributed by atoms with Gasteiger partial charge in [-0.15, -0.1) is 0 Å². The largest absolute Gasteiger partial charge is 0.377 e. The van der Waals surface area contributed by atoms with Crippen molar-refractivity contribution in [2.45, 2.75) is 33.0 Å². The molecule has 39 heavy (non-hydrogen) atoms. The number of rotatable bonds is 6. The first kappa shape index (κ1) is 26.8. The lowest BCUT2D eigenvalue weighted by molar-refractivity contribution is 0.0979. The summed E-state index contributed by atoms with van der Waals surface area (Å²) in [5, 5.41) is 7.88. The van der Waals surface area contributed by atoms with Crippen molar-refractivity contribution in [2.75, 3.05) is 23.0 Å². The summed E-state index contributed by atoms with van der Waals surface area (Å²) < 4.78 is 31.3. The number of nitrogens with one attached hydrogen (secondary N) is 2. The monoisotopic (exact) mass is 572 g/mol. The number of hydrogen-bond acceptors (Lipinski definition) is 8. The molecule has 0 spiro atoms. The van der Waals surface area contributed by atoms with Gasteiger partial charge in [-0.2, -0.15) is 5.10 Å². The van der Waals surface area contributed by atoms with Gasteiger partial charge in [-0.1, -0.05) is 17.7 Å². The number of fused-ring (bicyclic) bond motifs is 2. The van der Waals surface area contributed by atoms with Crippen molar-refractivity contribution >= 4 is 51.0 Å². The molecule has 14 heteroatoms. The maximum Gasteiger partial charge on any atom is 0.283 e. The molecule has 0 radical (unpaired) electrons. The van der Waals surface area contributed by atoms with Gasteiger partial charge in [-0.3, -0.25) is 23.6 Å². The zero-order chi connectivity index (χ0) is 28.0. The van der Waals surface area contributed by atoms with Gasteiger partial charge in [0.2, 0.25) is 5.95 Å². The molecule has 0 aliphatic carbocycles. The molecule has 2 unspecified atom stereocenters. The lowest BCUT2D eigenvalue weighted by Gasteiger charge is -2.30. The topological polar surface area (TPSA) is 127 Å². The first-order chi connectivity index (χ1) is 18.5. The van der Waals surface area contributed by atoms with Gasteiger partial charge in [0.15, 0.2) is 11.5 Å². The van der Waals surface area contributed by atoms with Gasteiger partial charge in [0.25, 0.3) is 11.5 Å². The number of amides is 1. The van der Waals surface area contributed by atoms with Crippen LogP contribution in [0.5, 0.6) is 0 Å². The molecule has 1 amide bonds.